The monoisotopic (exact) mass is 464 g/mol. The van der Waals surface area contributed by atoms with Gasteiger partial charge >= 0.3 is 5.97 Å². The highest BCUT2D eigenvalue weighted by Crippen LogP contribution is 2.25. The van der Waals surface area contributed by atoms with Crippen LogP contribution < -0.4 is 24.8 Å². The van der Waals surface area contributed by atoms with Crippen LogP contribution in [0, 0.1) is 0 Å². The Morgan fingerprint density at radius 1 is 0.765 bits per heavy atom. The van der Waals surface area contributed by atoms with E-state index in [1.165, 1.54) is 27.4 Å². The van der Waals surface area contributed by atoms with Gasteiger partial charge in [-0.1, -0.05) is 12.1 Å². The summed E-state index contributed by atoms with van der Waals surface area (Å²) in [5.41, 5.74) is 1.51. The average Bonchev–Trinajstić information content (AvgIpc) is 2.87. The molecule has 3 rings (SSSR count). The molecule has 9 nitrogen and oxygen atoms in total. The fourth-order valence-electron chi connectivity index (χ4n) is 3.03. The Kier molecular flexibility index (Phi) is 8.07. The van der Waals surface area contributed by atoms with Gasteiger partial charge in [-0.2, -0.15) is 0 Å². The molecule has 0 atom stereocenters. The Hall–Kier alpha value is -4.53. The van der Waals surface area contributed by atoms with Crippen LogP contribution in [0.4, 0.5) is 11.4 Å². The lowest BCUT2D eigenvalue weighted by molar-refractivity contribution is -0.119. The van der Waals surface area contributed by atoms with E-state index in [4.69, 9.17) is 18.9 Å². The van der Waals surface area contributed by atoms with Crippen LogP contribution in [0.2, 0.25) is 0 Å². The molecular weight excluding hydrogens is 440 g/mol. The van der Waals surface area contributed by atoms with Crippen molar-refractivity contribution in [1.82, 2.24) is 0 Å². The molecule has 0 saturated heterocycles. The molecule has 0 bridgehead atoms. The fourth-order valence-corrected chi connectivity index (χ4v) is 3.03. The summed E-state index contributed by atoms with van der Waals surface area (Å²) in [6.07, 6.45) is 0. The molecule has 0 saturated carbocycles. The van der Waals surface area contributed by atoms with Gasteiger partial charge in [0.1, 0.15) is 22.8 Å². The minimum Gasteiger partial charge on any atom is -0.497 e. The Labute approximate surface area is 196 Å². The third kappa shape index (κ3) is 6.04. The van der Waals surface area contributed by atoms with Gasteiger partial charge in [-0.05, 0) is 54.6 Å². The minimum atomic E-state index is -0.728. The van der Waals surface area contributed by atoms with E-state index >= 15 is 0 Å². The number of hydrogen-bond donors (Lipinski definition) is 2. The van der Waals surface area contributed by atoms with Crippen molar-refractivity contribution in [2.45, 2.75) is 0 Å². The maximum absolute atomic E-state index is 12.5. The molecule has 9 heteroatoms. The SMILES string of the molecule is COc1ccc(OC)c(C(=O)OCC(=O)Nc2ccc(C(=O)Nc3ccccc3OC)cc2)c1. The van der Waals surface area contributed by atoms with Crippen LogP contribution in [-0.2, 0) is 9.53 Å². The van der Waals surface area contributed by atoms with E-state index in [1.54, 1.807) is 60.7 Å². The number of anilines is 2. The van der Waals surface area contributed by atoms with Gasteiger partial charge in [0.15, 0.2) is 6.61 Å². The Bertz CT molecular complexity index is 1180. The highest BCUT2D eigenvalue weighted by Gasteiger charge is 2.17. The van der Waals surface area contributed by atoms with Gasteiger partial charge in [0, 0.05) is 11.3 Å². The second-order valence-corrected chi connectivity index (χ2v) is 6.92. The van der Waals surface area contributed by atoms with E-state index in [1.807, 2.05) is 0 Å². The van der Waals surface area contributed by atoms with Crippen molar-refractivity contribution >= 4 is 29.2 Å². The molecule has 0 fully saturated rings. The maximum Gasteiger partial charge on any atom is 0.342 e. The van der Waals surface area contributed by atoms with Crippen LogP contribution >= 0.6 is 0 Å². The summed E-state index contributed by atoms with van der Waals surface area (Å²) in [5.74, 6) is -0.305. The van der Waals surface area contributed by atoms with E-state index in [9.17, 15) is 14.4 Å². The molecule has 176 valence electrons. The van der Waals surface area contributed by atoms with Crippen LogP contribution in [0.1, 0.15) is 20.7 Å². The van der Waals surface area contributed by atoms with Crippen LogP contribution in [-0.4, -0.2) is 45.7 Å². The lowest BCUT2D eigenvalue weighted by Crippen LogP contribution is -2.21. The number of rotatable bonds is 9. The van der Waals surface area contributed by atoms with Crippen LogP contribution in [0.15, 0.2) is 66.7 Å². The van der Waals surface area contributed by atoms with Gasteiger partial charge in [-0.25, -0.2) is 4.79 Å². The van der Waals surface area contributed by atoms with Crippen molar-refractivity contribution in [3.8, 4) is 17.2 Å². The number of methoxy groups -OCH3 is 3. The molecule has 0 spiro atoms. The third-order valence-electron chi connectivity index (χ3n) is 4.75. The normalized spacial score (nSPS) is 10.1. The zero-order chi connectivity index (χ0) is 24.5. The number of benzene rings is 3. The molecule has 0 aliphatic heterocycles. The Morgan fingerprint density at radius 3 is 2.15 bits per heavy atom. The largest absolute Gasteiger partial charge is 0.497 e. The third-order valence-corrected chi connectivity index (χ3v) is 4.75. The Balaban J connectivity index is 1.56. The predicted octanol–water partition coefficient (Wildman–Crippen LogP) is 3.76. The number of para-hydroxylation sites is 2. The smallest absolute Gasteiger partial charge is 0.342 e. The van der Waals surface area contributed by atoms with Gasteiger partial charge in [-0.3, -0.25) is 9.59 Å². The number of ether oxygens (including phenoxy) is 4. The molecule has 0 heterocycles. The van der Waals surface area contributed by atoms with Gasteiger partial charge in [-0.15, -0.1) is 0 Å². The van der Waals surface area contributed by atoms with Crippen molar-refractivity contribution in [1.29, 1.82) is 0 Å². The molecule has 3 aromatic carbocycles. The number of esters is 1. The van der Waals surface area contributed by atoms with Gasteiger partial charge in [0.25, 0.3) is 11.8 Å². The van der Waals surface area contributed by atoms with Crippen molar-refractivity contribution in [3.05, 3.63) is 77.9 Å². The number of amides is 2. The molecule has 0 aliphatic carbocycles. The lowest BCUT2D eigenvalue weighted by Gasteiger charge is -2.11. The van der Waals surface area contributed by atoms with E-state index in [0.29, 0.717) is 34.2 Å². The number of hydrogen-bond acceptors (Lipinski definition) is 7. The molecule has 0 unspecified atom stereocenters. The lowest BCUT2D eigenvalue weighted by atomic mass is 10.2. The summed E-state index contributed by atoms with van der Waals surface area (Å²) in [7, 11) is 4.41. The summed E-state index contributed by atoms with van der Waals surface area (Å²) in [5, 5.41) is 5.39. The van der Waals surface area contributed by atoms with Gasteiger partial charge < -0.3 is 29.6 Å². The van der Waals surface area contributed by atoms with E-state index in [2.05, 4.69) is 10.6 Å². The second-order valence-electron chi connectivity index (χ2n) is 6.92. The molecule has 0 aromatic heterocycles. The quantitative estimate of drug-likeness (QED) is 0.464. The average molecular weight is 464 g/mol. The molecule has 34 heavy (non-hydrogen) atoms. The van der Waals surface area contributed by atoms with E-state index in [0.717, 1.165) is 0 Å². The van der Waals surface area contributed by atoms with Crippen LogP contribution in [0.5, 0.6) is 17.2 Å². The highest BCUT2D eigenvalue weighted by atomic mass is 16.5. The van der Waals surface area contributed by atoms with Crippen molar-refractivity contribution in [2.75, 3.05) is 38.6 Å². The first kappa shape index (κ1) is 24.1. The predicted molar refractivity (Wildman–Crippen MR) is 126 cm³/mol. The fraction of sp³-hybridized carbons (Fsp3) is 0.160. The van der Waals surface area contributed by atoms with Crippen LogP contribution in [0.3, 0.4) is 0 Å². The van der Waals surface area contributed by atoms with Gasteiger partial charge in [0.05, 0.1) is 27.0 Å². The first-order chi connectivity index (χ1) is 16.4. The number of carbonyl (C=O) groups excluding carboxylic acids is 3. The molecule has 2 amide bonds. The number of carbonyl (C=O) groups is 3. The first-order valence-electron chi connectivity index (χ1n) is 10.2. The topological polar surface area (TPSA) is 112 Å². The van der Waals surface area contributed by atoms with E-state index in [-0.39, 0.29) is 11.5 Å². The summed E-state index contributed by atoms with van der Waals surface area (Å²) < 4.78 is 20.6. The molecule has 0 aliphatic rings. The first-order valence-corrected chi connectivity index (χ1v) is 10.2. The molecule has 0 radical (unpaired) electrons. The zero-order valence-electron chi connectivity index (χ0n) is 18.9. The van der Waals surface area contributed by atoms with Gasteiger partial charge in [0.2, 0.25) is 0 Å². The van der Waals surface area contributed by atoms with E-state index < -0.39 is 18.5 Å². The summed E-state index contributed by atoms with van der Waals surface area (Å²) >= 11 is 0. The standard InChI is InChI=1S/C25H24N2O7/c1-31-18-12-13-21(32-2)19(14-18)25(30)34-15-23(28)26-17-10-8-16(9-11-17)24(29)27-20-6-4-5-7-22(20)33-3/h4-14H,15H2,1-3H3,(H,26,28)(H,27,29). The van der Waals surface area contributed by atoms with Crippen molar-refractivity contribution < 1.29 is 33.3 Å². The van der Waals surface area contributed by atoms with Crippen LogP contribution in [0.25, 0.3) is 0 Å². The molecule has 2 N–H and O–H groups in total. The number of nitrogens with one attached hydrogen (secondary N) is 2. The van der Waals surface area contributed by atoms with Crippen molar-refractivity contribution in [3.63, 3.8) is 0 Å². The Morgan fingerprint density at radius 2 is 1.47 bits per heavy atom. The summed E-state index contributed by atoms with van der Waals surface area (Å²) in [4.78, 5) is 37.1. The zero-order valence-corrected chi connectivity index (χ0v) is 18.9. The second kappa shape index (κ2) is 11.4. The summed E-state index contributed by atoms with van der Waals surface area (Å²) in [6.45, 7) is -0.505. The molecular formula is C25H24N2O7. The maximum atomic E-state index is 12.5. The minimum absolute atomic E-state index is 0.139. The highest BCUT2D eigenvalue weighted by molar-refractivity contribution is 6.05. The molecule has 3 aromatic rings. The summed E-state index contributed by atoms with van der Waals surface area (Å²) in [6, 6.07) is 18.0. The van der Waals surface area contributed by atoms with Crippen molar-refractivity contribution in [2.24, 2.45) is 0 Å².